The molecular weight excluding hydrogens is 235 g/mol. The summed E-state index contributed by atoms with van der Waals surface area (Å²) in [5.41, 5.74) is 3.67. The van der Waals surface area contributed by atoms with Crippen LogP contribution < -0.4 is 5.73 Å². The highest BCUT2D eigenvalue weighted by Gasteiger charge is 2.53. The number of halogens is 3. The van der Waals surface area contributed by atoms with Gasteiger partial charge in [0.15, 0.2) is 5.69 Å². The van der Waals surface area contributed by atoms with Gasteiger partial charge in [-0.2, -0.15) is 18.3 Å². The highest BCUT2D eigenvalue weighted by Crippen LogP contribution is 2.49. The maximum Gasteiger partial charge on any atom is 0.435 e. The molecule has 0 amide bonds. The number of fused-ring (bicyclic) bond motifs is 1. The Morgan fingerprint density at radius 1 is 1.53 bits per heavy atom. The first kappa shape index (κ1) is 10.9. The molecule has 0 atom stereocenters. The second-order valence-corrected chi connectivity index (χ2v) is 4.87. The fourth-order valence-electron chi connectivity index (χ4n) is 2.80. The van der Waals surface area contributed by atoms with Gasteiger partial charge in [-0.3, -0.25) is 4.68 Å². The normalized spacial score (nSPS) is 31.6. The van der Waals surface area contributed by atoms with Crippen LogP contribution in [-0.4, -0.2) is 22.0 Å². The predicted molar refractivity (Wildman–Crippen MR) is 53.0 cm³/mol. The fourth-order valence-corrected chi connectivity index (χ4v) is 2.80. The molecule has 3 aliphatic rings. The van der Waals surface area contributed by atoms with Crippen LogP contribution in [-0.2, 0) is 17.5 Å². The maximum absolute atomic E-state index is 12.8. The second kappa shape index (κ2) is 3.16. The molecule has 1 aromatic rings. The van der Waals surface area contributed by atoms with E-state index in [9.17, 15) is 13.2 Å². The number of ether oxygens (including phenoxy) is 1. The Kier molecular flexibility index (Phi) is 2.02. The number of nitrogens with two attached hydrogens (primary N) is 1. The number of hydrogen-bond donors (Lipinski definition) is 1. The van der Waals surface area contributed by atoms with E-state index in [1.807, 2.05) is 0 Å². The van der Waals surface area contributed by atoms with Crippen LogP contribution in [0.5, 0.6) is 0 Å². The molecule has 1 saturated carbocycles. The number of anilines is 1. The zero-order valence-corrected chi connectivity index (χ0v) is 9.00. The van der Waals surface area contributed by atoms with Gasteiger partial charge < -0.3 is 10.5 Å². The Morgan fingerprint density at radius 3 is 2.76 bits per heavy atom. The van der Waals surface area contributed by atoms with E-state index in [0.717, 1.165) is 23.7 Å². The van der Waals surface area contributed by atoms with Gasteiger partial charge >= 0.3 is 6.18 Å². The molecule has 4 nitrogen and oxygen atoms in total. The van der Waals surface area contributed by atoms with Crippen LogP contribution in [0.3, 0.4) is 0 Å². The number of rotatable bonds is 2. The number of nitrogens with zero attached hydrogens (tertiary/aromatic N) is 2. The summed E-state index contributed by atoms with van der Waals surface area (Å²) in [6.45, 7) is 0.785. The van der Waals surface area contributed by atoms with Gasteiger partial charge in [0, 0.05) is 0 Å². The molecular formula is C10H12F3N3O. The summed E-state index contributed by atoms with van der Waals surface area (Å²) in [5.74, 6) is 0.511. The predicted octanol–water partition coefficient (Wildman–Crippen LogP) is 1.66. The molecule has 0 spiro atoms. The van der Waals surface area contributed by atoms with E-state index in [0.29, 0.717) is 12.5 Å². The lowest BCUT2D eigenvalue weighted by Crippen LogP contribution is -2.41. The van der Waals surface area contributed by atoms with E-state index in [4.69, 9.17) is 10.5 Å². The summed E-state index contributed by atoms with van der Waals surface area (Å²) in [5, 5.41) is 3.71. The minimum Gasteiger partial charge on any atom is -0.396 e. The molecule has 2 aliphatic heterocycles. The lowest BCUT2D eigenvalue weighted by atomic mass is 9.74. The molecule has 1 aromatic heterocycles. The molecule has 0 radical (unpaired) electrons. The smallest absolute Gasteiger partial charge is 0.396 e. The standard InChI is InChI=1S/C10H12F3N3O/c11-10(12,13)8-7(14)3-15-16(8)5-9-1-6(2-9)4-17-9/h3,6H,1-2,4-5,14H2. The number of nitrogen functional groups attached to an aromatic ring is 1. The molecule has 17 heavy (non-hydrogen) atoms. The van der Waals surface area contributed by atoms with E-state index in [2.05, 4.69) is 5.10 Å². The van der Waals surface area contributed by atoms with Crippen LogP contribution in [0.25, 0.3) is 0 Å². The molecule has 7 heteroatoms. The van der Waals surface area contributed by atoms with Gasteiger partial charge in [0.05, 0.1) is 30.6 Å². The summed E-state index contributed by atoms with van der Waals surface area (Å²) < 4.78 is 44.8. The third kappa shape index (κ3) is 1.60. The van der Waals surface area contributed by atoms with Crippen molar-refractivity contribution in [1.29, 1.82) is 0 Å². The first-order valence-corrected chi connectivity index (χ1v) is 5.42. The maximum atomic E-state index is 12.8. The van der Waals surface area contributed by atoms with Crippen LogP contribution in [0.4, 0.5) is 18.9 Å². The molecule has 4 rings (SSSR count). The summed E-state index contributed by atoms with van der Waals surface area (Å²) in [4.78, 5) is 0. The van der Waals surface area contributed by atoms with Gasteiger partial charge in [0.25, 0.3) is 0 Å². The lowest BCUT2D eigenvalue weighted by Gasteiger charge is -2.36. The van der Waals surface area contributed by atoms with Gasteiger partial charge in [0.1, 0.15) is 0 Å². The van der Waals surface area contributed by atoms with Crippen molar-refractivity contribution in [2.24, 2.45) is 5.92 Å². The first-order chi connectivity index (χ1) is 7.90. The van der Waals surface area contributed by atoms with Crippen molar-refractivity contribution >= 4 is 5.69 Å². The van der Waals surface area contributed by atoms with E-state index >= 15 is 0 Å². The molecule has 1 aliphatic carbocycles. The van der Waals surface area contributed by atoms with Gasteiger partial charge in [-0.15, -0.1) is 0 Å². The molecule has 0 unspecified atom stereocenters. The van der Waals surface area contributed by atoms with Crippen molar-refractivity contribution in [1.82, 2.24) is 9.78 Å². The first-order valence-electron chi connectivity index (χ1n) is 5.42. The fraction of sp³-hybridized carbons (Fsp3) is 0.700. The number of hydrogen-bond acceptors (Lipinski definition) is 3. The van der Waals surface area contributed by atoms with Crippen LogP contribution in [0.2, 0.25) is 0 Å². The SMILES string of the molecule is Nc1cnn(CC23CC(CO2)C3)c1C(F)(F)F. The van der Waals surface area contributed by atoms with Gasteiger partial charge in [-0.1, -0.05) is 0 Å². The third-order valence-electron chi connectivity index (χ3n) is 3.52. The summed E-state index contributed by atoms with van der Waals surface area (Å²) in [6.07, 6.45) is -1.78. The molecule has 2 N–H and O–H groups in total. The second-order valence-electron chi connectivity index (χ2n) is 4.87. The third-order valence-corrected chi connectivity index (χ3v) is 3.52. The van der Waals surface area contributed by atoms with Crippen molar-refractivity contribution in [2.45, 2.75) is 31.2 Å². The molecule has 2 saturated heterocycles. The highest BCUT2D eigenvalue weighted by molar-refractivity contribution is 5.42. The van der Waals surface area contributed by atoms with Crippen LogP contribution in [0.15, 0.2) is 6.20 Å². The Hall–Kier alpha value is -1.24. The Morgan fingerprint density at radius 2 is 2.24 bits per heavy atom. The van der Waals surface area contributed by atoms with Crippen LogP contribution >= 0.6 is 0 Å². The van der Waals surface area contributed by atoms with Crippen molar-refractivity contribution in [3.05, 3.63) is 11.9 Å². The lowest BCUT2D eigenvalue weighted by molar-refractivity contribution is -0.145. The largest absolute Gasteiger partial charge is 0.435 e. The Labute approximate surface area is 95.5 Å². The van der Waals surface area contributed by atoms with Crippen LogP contribution in [0, 0.1) is 5.92 Å². The number of alkyl halides is 3. The zero-order chi connectivity index (χ0) is 12.3. The minimum atomic E-state index is -4.47. The molecule has 3 fully saturated rings. The Bertz CT molecular complexity index is 443. The zero-order valence-electron chi connectivity index (χ0n) is 9.00. The van der Waals surface area contributed by atoms with Crippen LogP contribution in [0.1, 0.15) is 18.5 Å². The molecule has 0 aromatic carbocycles. The molecule has 2 bridgehead atoms. The topological polar surface area (TPSA) is 53.1 Å². The molecule has 3 heterocycles. The van der Waals surface area contributed by atoms with Crippen molar-refractivity contribution in [2.75, 3.05) is 12.3 Å². The average Bonchev–Trinajstić information content (AvgIpc) is 2.77. The molecule has 94 valence electrons. The van der Waals surface area contributed by atoms with Gasteiger partial charge in [-0.25, -0.2) is 0 Å². The summed E-state index contributed by atoms with van der Waals surface area (Å²) in [6, 6.07) is 0. The average molecular weight is 247 g/mol. The Balaban J connectivity index is 1.88. The van der Waals surface area contributed by atoms with Gasteiger partial charge in [0.2, 0.25) is 0 Å². The number of aromatic nitrogens is 2. The van der Waals surface area contributed by atoms with E-state index < -0.39 is 17.5 Å². The minimum absolute atomic E-state index is 0.134. The van der Waals surface area contributed by atoms with Gasteiger partial charge in [-0.05, 0) is 18.8 Å². The van der Waals surface area contributed by atoms with Crippen molar-refractivity contribution in [3.8, 4) is 0 Å². The van der Waals surface area contributed by atoms with E-state index in [1.165, 1.54) is 0 Å². The monoisotopic (exact) mass is 247 g/mol. The van der Waals surface area contributed by atoms with Crippen molar-refractivity contribution < 1.29 is 17.9 Å². The van der Waals surface area contributed by atoms with E-state index in [-0.39, 0.29) is 12.2 Å². The summed E-state index contributed by atoms with van der Waals surface area (Å²) >= 11 is 0. The quantitative estimate of drug-likeness (QED) is 0.864. The summed E-state index contributed by atoms with van der Waals surface area (Å²) in [7, 11) is 0. The van der Waals surface area contributed by atoms with E-state index in [1.54, 1.807) is 0 Å². The highest BCUT2D eigenvalue weighted by atomic mass is 19.4. The van der Waals surface area contributed by atoms with Crippen molar-refractivity contribution in [3.63, 3.8) is 0 Å².